The predicted molar refractivity (Wildman–Crippen MR) is 38.0 cm³/mol. The SMILES string of the molecule is Fc1cc[c]c(I)c1. The maximum atomic E-state index is 12.1. The Morgan fingerprint density at radius 3 is 2.75 bits per heavy atom. The summed E-state index contributed by atoms with van der Waals surface area (Å²) >= 11 is 2.01. The van der Waals surface area contributed by atoms with Crippen molar-refractivity contribution in [2.45, 2.75) is 0 Å². The van der Waals surface area contributed by atoms with E-state index in [0.29, 0.717) is 0 Å². The Hall–Kier alpha value is -0.120. The van der Waals surface area contributed by atoms with Crippen molar-refractivity contribution in [3.63, 3.8) is 0 Å². The van der Waals surface area contributed by atoms with Crippen LogP contribution in [0.15, 0.2) is 18.2 Å². The predicted octanol–water partition coefficient (Wildman–Crippen LogP) is 2.23. The van der Waals surface area contributed by atoms with Gasteiger partial charge in [0, 0.05) is 3.57 Å². The zero-order chi connectivity index (χ0) is 5.98. The van der Waals surface area contributed by atoms with Crippen LogP contribution < -0.4 is 0 Å². The standard InChI is InChI=1S/C6H3FI/c7-5-2-1-3-6(8)4-5/h1-2,4H. The molecule has 41 valence electrons. The van der Waals surface area contributed by atoms with Crippen LogP contribution in [-0.2, 0) is 0 Å². The van der Waals surface area contributed by atoms with Crippen molar-refractivity contribution in [2.24, 2.45) is 0 Å². The van der Waals surface area contributed by atoms with E-state index >= 15 is 0 Å². The van der Waals surface area contributed by atoms with Crippen LogP contribution in [0.1, 0.15) is 0 Å². The van der Waals surface area contributed by atoms with E-state index in [4.69, 9.17) is 0 Å². The van der Waals surface area contributed by atoms with Crippen molar-refractivity contribution >= 4 is 22.6 Å². The number of benzene rings is 1. The van der Waals surface area contributed by atoms with E-state index in [0.717, 1.165) is 3.57 Å². The first-order valence-corrected chi connectivity index (χ1v) is 3.19. The van der Waals surface area contributed by atoms with Gasteiger partial charge in [-0.2, -0.15) is 0 Å². The molecule has 0 atom stereocenters. The second kappa shape index (κ2) is 2.44. The Bertz CT molecular complexity index is 168. The molecule has 0 aromatic heterocycles. The van der Waals surface area contributed by atoms with Crippen LogP contribution in [0.5, 0.6) is 0 Å². The minimum Gasteiger partial charge on any atom is -0.207 e. The highest BCUT2D eigenvalue weighted by Crippen LogP contribution is 2.03. The van der Waals surface area contributed by atoms with Crippen LogP contribution in [-0.4, -0.2) is 0 Å². The van der Waals surface area contributed by atoms with E-state index in [-0.39, 0.29) is 5.82 Å². The molecule has 1 radical (unpaired) electrons. The average Bonchev–Trinajstić information content (AvgIpc) is 1.64. The van der Waals surface area contributed by atoms with E-state index in [1.807, 2.05) is 22.6 Å². The van der Waals surface area contributed by atoms with E-state index in [1.165, 1.54) is 12.1 Å². The molecule has 0 bridgehead atoms. The van der Waals surface area contributed by atoms with Crippen molar-refractivity contribution < 1.29 is 4.39 Å². The van der Waals surface area contributed by atoms with E-state index in [2.05, 4.69) is 6.07 Å². The van der Waals surface area contributed by atoms with Gasteiger partial charge in [0.25, 0.3) is 0 Å². The van der Waals surface area contributed by atoms with E-state index < -0.39 is 0 Å². The van der Waals surface area contributed by atoms with Crippen LogP contribution >= 0.6 is 22.6 Å². The third-order valence-corrected chi connectivity index (χ3v) is 1.35. The maximum Gasteiger partial charge on any atom is 0.124 e. The second-order valence-electron chi connectivity index (χ2n) is 1.35. The molecule has 0 aliphatic rings. The Morgan fingerprint density at radius 2 is 2.38 bits per heavy atom. The lowest BCUT2D eigenvalue weighted by Gasteiger charge is -1.85. The van der Waals surface area contributed by atoms with Gasteiger partial charge in [-0.15, -0.1) is 0 Å². The third kappa shape index (κ3) is 1.43. The van der Waals surface area contributed by atoms with Crippen LogP contribution in [0.25, 0.3) is 0 Å². The van der Waals surface area contributed by atoms with Crippen LogP contribution in [0.2, 0.25) is 0 Å². The molecule has 0 fully saturated rings. The van der Waals surface area contributed by atoms with Crippen LogP contribution in [0, 0.1) is 15.5 Å². The summed E-state index contributed by atoms with van der Waals surface area (Å²) in [5.74, 6) is -0.201. The van der Waals surface area contributed by atoms with Crippen molar-refractivity contribution in [3.05, 3.63) is 33.7 Å². The average molecular weight is 221 g/mol. The number of hydrogen-bond acceptors (Lipinski definition) is 0. The zero-order valence-electron chi connectivity index (χ0n) is 3.99. The molecule has 0 aliphatic carbocycles. The first-order valence-electron chi connectivity index (χ1n) is 2.12. The molecule has 2 heteroatoms. The molecule has 1 rings (SSSR count). The van der Waals surface area contributed by atoms with Gasteiger partial charge < -0.3 is 0 Å². The number of rotatable bonds is 0. The fraction of sp³-hybridized carbons (Fsp3) is 0. The lowest BCUT2D eigenvalue weighted by Crippen LogP contribution is -1.72. The molecule has 1 aromatic rings. The molecule has 8 heavy (non-hydrogen) atoms. The van der Waals surface area contributed by atoms with Crippen molar-refractivity contribution in [3.8, 4) is 0 Å². The maximum absolute atomic E-state index is 12.1. The first kappa shape index (κ1) is 6.01. The smallest absolute Gasteiger partial charge is 0.124 e. The van der Waals surface area contributed by atoms with Gasteiger partial charge in [-0.3, -0.25) is 0 Å². The van der Waals surface area contributed by atoms with Crippen LogP contribution in [0.3, 0.4) is 0 Å². The lowest BCUT2D eigenvalue weighted by molar-refractivity contribution is 0.627. The Balaban J connectivity index is 3.08. The molecule has 0 saturated heterocycles. The number of hydrogen-bond donors (Lipinski definition) is 0. The second-order valence-corrected chi connectivity index (χ2v) is 2.52. The fourth-order valence-corrected chi connectivity index (χ4v) is 0.889. The van der Waals surface area contributed by atoms with E-state index in [1.54, 1.807) is 6.07 Å². The highest BCUT2D eigenvalue weighted by atomic mass is 127. The topological polar surface area (TPSA) is 0 Å². The quantitative estimate of drug-likeness (QED) is 0.589. The van der Waals surface area contributed by atoms with Crippen molar-refractivity contribution in [2.75, 3.05) is 0 Å². The van der Waals surface area contributed by atoms with Gasteiger partial charge >= 0.3 is 0 Å². The van der Waals surface area contributed by atoms with Crippen LogP contribution in [0.4, 0.5) is 4.39 Å². The van der Waals surface area contributed by atoms with Gasteiger partial charge in [0.15, 0.2) is 0 Å². The molecular formula is C6H3FI. The Kier molecular flexibility index (Phi) is 1.83. The molecule has 0 N–H and O–H groups in total. The van der Waals surface area contributed by atoms with E-state index in [9.17, 15) is 4.39 Å². The molecule has 0 aliphatic heterocycles. The van der Waals surface area contributed by atoms with Crippen molar-refractivity contribution in [1.29, 1.82) is 0 Å². The van der Waals surface area contributed by atoms with Gasteiger partial charge in [-0.1, -0.05) is 6.07 Å². The molecule has 1 aromatic carbocycles. The highest BCUT2D eigenvalue weighted by Gasteiger charge is 1.86. The monoisotopic (exact) mass is 221 g/mol. The third-order valence-electron chi connectivity index (χ3n) is 0.728. The van der Waals surface area contributed by atoms with Crippen molar-refractivity contribution in [1.82, 2.24) is 0 Å². The first-order chi connectivity index (χ1) is 3.79. The molecule has 0 saturated carbocycles. The molecule has 0 spiro atoms. The summed E-state index contributed by atoms with van der Waals surface area (Å²) in [6.07, 6.45) is 0. The lowest BCUT2D eigenvalue weighted by atomic mass is 10.4. The van der Waals surface area contributed by atoms with Gasteiger partial charge in [0.1, 0.15) is 5.82 Å². The van der Waals surface area contributed by atoms with Gasteiger partial charge in [0.05, 0.1) is 0 Å². The largest absolute Gasteiger partial charge is 0.207 e. The molecular weight excluding hydrogens is 218 g/mol. The Labute approximate surface area is 60.9 Å². The molecule has 0 heterocycles. The van der Waals surface area contributed by atoms with Gasteiger partial charge in [-0.25, -0.2) is 4.39 Å². The summed E-state index contributed by atoms with van der Waals surface area (Å²) in [6, 6.07) is 7.19. The normalized spacial score (nSPS) is 9.25. The van der Waals surface area contributed by atoms with Gasteiger partial charge in [-0.05, 0) is 40.8 Å². The zero-order valence-corrected chi connectivity index (χ0v) is 6.15. The summed E-state index contributed by atoms with van der Waals surface area (Å²) in [5.41, 5.74) is 0. The Morgan fingerprint density at radius 1 is 1.62 bits per heavy atom. The highest BCUT2D eigenvalue weighted by molar-refractivity contribution is 14.1. The molecule has 0 unspecified atom stereocenters. The summed E-state index contributed by atoms with van der Waals surface area (Å²) < 4.78 is 13.0. The molecule has 0 amide bonds. The van der Waals surface area contributed by atoms with Gasteiger partial charge in [0.2, 0.25) is 0 Å². The summed E-state index contributed by atoms with van der Waals surface area (Å²) in [5, 5.41) is 0. The molecule has 0 nitrogen and oxygen atoms in total. The summed E-state index contributed by atoms with van der Waals surface area (Å²) in [6.45, 7) is 0. The summed E-state index contributed by atoms with van der Waals surface area (Å²) in [4.78, 5) is 0. The fourth-order valence-electron chi connectivity index (χ4n) is 0.412. The minimum atomic E-state index is -0.201. The minimum absolute atomic E-state index is 0.201. The number of halogens is 2. The summed E-state index contributed by atoms with van der Waals surface area (Å²) in [7, 11) is 0.